The number of rotatable bonds is 8. The van der Waals surface area contributed by atoms with Crippen molar-refractivity contribution in [1.82, 2.24) is 14.8 Å². The Balaban J connectivity index is 1.38. The van der Waals surface area contributed by atoms with Crippen LogP contribution in [0.1, 0.15) is 5.56 Å². The lowest BCUT2D eigenvalue weighted by Gasteiger charge is -2.12. The van der Waals surface area contributed by atoms with Crippen molar-refractivity contribution in [1.29, 1.82) is 0 Å². The number of nitrogens with two attached hydrogens (primary N) is 1. The van der Waals surface area contributed by atoms with Gasteiger partial charge in [-0.2, -0.15) is 5.10 Å². The average molecular weight is 511 g/mol. The number of aromatic nitrogens is 3. The zero-order chi connectivity index (χ0) is 25.6. The van der Waals surface area contributed by atoms with E-state index in [1.165, 1.54) is 0 Å². The second-order valence-electron chi connectivity index (χ2n) is 8.01. The molecule has 0 radical (unpaired) electrons. The monoisotopic (exact) mass is 510 g/mol. The van der Waals surface area contributed by atoms with Gasteiger partial charge in [-0.25, -0.2) is 9.48 Å². The van der Waals surface area contributed by atoms with E-state index in [-0.39, 0.29) is 6.42 Å². The molecule has 0 unspecified atom stereocenters. The fourth-order valence-corrected chi connectivity index (χ4v) is 4.35. The van der Waals surface area contributed by atoms with E-state index in [0.717, 1.165) is 10.4 Å². The summed E-state index contributed by atoms with van der Waals surface area (Å²) >= 11 is 1.54. The first-order chi connectivity index (χ1) is 18.0. The molecule has 0 saturated carbocycles. The fraction of sp³-hybridized carbons (Fsp3) is 0.0370. The van der Waals surface area contributed by atoms with E-state index in [0.29, 0.717) is 34.4 Å². The first kappa shape index (κ1) is 23.8. The molecule has 0 aliphatic carbocycles. The van der Waals surface area contributed by atoms with Crippen molar-refractivity contribution in [3.63, 3.8) is 0 Å². The summed E-state index contributed by atoms with van der Waals surface area (Å²) in [6.07, 6.45) is 3.38. The standard InChI is InChI=1S/C27H22N6O3S/c28-25(34)14-18-5-1-7-20(13-18)33-26(16-23(32-33)24-10-4-12-37-24)31-27(35)30-19-6-2-8-21(15-19)36-22-9-3-11-29-17-22/h1-13,15-17H,14H2,(H2,28,34)(H2,30,31,35). The van der Waals surface area contributed by atoms with Crippen LogP contribution in [-0.2, 0) is 11.2 Å². The highest BCUT2D eigenvalue weighted by atomic mass is 32.1. The van der Waals surface area contributed by atoms with Crippen LogP contribution in [0.4, 0.5) is 16.3 Å². The predicted octanol–water partition coefficient (Wildman–Crippen LogP) is 5.46. The molecule has 5 aromatic rings. The maximum absolute atomic E-state index is 13.0. The number of benzene rings is 2. The van der Waals surface area contributed by atoms with Crippen LogP contribution in [0.2, 0.25) is 0 Å². The van der Waals surface area contributed by atoms with Gasteiger partial charge in [-0.1, -0.05) is 24.3 Å². The minimum absolute atomic E-state index is 0.105. The highest BCUT2D eigenvalue weighted by molar-refractivity contribution is 7.13. The lowest BCUT2D eigenvalue weighted by atomic mass is 10.1. The number of hydrogen-bond donors (Lipinski definition) is 3. The van der Waals surface area contributed by atoms with Crippen LogP contribution < -0.4 is 21.1 Å². The topological polar surface area (TPSA) is 124 Å². The molecular weight excluding hydrogens is 488 g/mol. The lowest BCUT2D eigenvalue weighted by molar-refractivity contribution is -0.117. The number of ether oxygens (including phenoxy) is 1. The van der Waals surface area contributed by atoms with Gasteiger partial charge in [-0.05, 0) is 53.4 Å². The fourth-order valence-electron chi connectivity index (χ4n) is 3.67. The Bertz CT molecular complexity index is 1530. The van der Waals surface area contributed by atoms with Crippen LogP contribution in [0.25, 0.3) is 16.3 Å². The largest absolute Gasteiger partial charge is 0.456 e. The number of primary amides is 1. The number of thiophene rings is 1. The van der Waals surface area contributed by atoms with Crippen LogP contribution >= 0.6 is 11.3 Å². The van der Waals surface area contributed by atoms with Crippen molar-refractivity contribution in [2.24, 2.45) is 5.73 Å². The number of nitrogens with zero attached hydrogens (tertiary/aromatic N) is 3. The number of nitrogens with one attached hydrogen (secondary N) is 2. The summed E-state index contributed by atoms with van der Waals surface area (Å²) in [6, 6.07) is 23.2. The van der Waals surface area contributed by atoms with Gasteiger partial charge in [0.1, 0.15) is 23.0 Å². The predicted molar refractivity (Wildman–Crippen MR) is 143 cm³/mol. The number of hydrogen-bond acceptors (Lipinski definition) is 6. The van der Waals surface area contributed by atoms with Crippen LogP contribution in [-0.4, -0.2) is 26.7 Å². The minimum atomic E-state index is -0.453. The number of pyridine rings is 1. The number of carbonyl (C=O) groups is 2. The third kappa shape index (κ3) is 6.00. The van der Waals surface area contributed by atoms with Crippen molar-refractivity contribution in [3.8, 4) is 27.8 Å². The van der Waals surface area contributed by atoms with E-state index >= 15 is 0 Å². The number of urea groups is 1. The summed E-state index contributed by atoms with van der Waals surface area (Å²) in [6.45, 7) is 0. The third-order valence-corrected chi connectivity index (χ3v) is 6.11. The summed E-state index contributed by atoms with van der Waals surface area (Å²) in [7, 11) is 0. The van der Waals surface area contributed by atoms with Gasteiger partial charge in [0.15, 0.2) is 0 Å². The third-order valence-electron chi connectivity index (χ3n) is 5.22. The SMILES string of the molecule is NC(=O)Cc1cccc(-n2nc(-c3cccs3)cc2NC(=O)Nc2cccc(Oc3cccnc3)c2)c1. The molecule has 0 spiro atoms. The van der Waals surface area contributed by atoms with Gasteiger partial charge in [-0.3, -0.25) is 15.1 Å². The number of amides is 3. The molecule has 2 aromatic carbocycles. The van der Waals surface area contributed by atoms with Crippen LogP contribution in [0.5, 0.6) is 11.5 Å². The molecule has 10 heteroatoms. The summed E-state index contributed by atoms with van der Waals surface area (Å²) in [5.74, 6) is 1.18. The van der Waals surface area contributed by atoms with Gasteiger partial charge in [-0.15, -0.1) is 11.3 Å². The highest BCUT2D eigenvalue weighted by Gasteiger charge is 2.15. The van der Waals surface area contributed by atoms with Gasteiger partial charge in [0.05, 0.1) is 23.2 Å². The number of anilines is 2. The zero-order valence-electron chi connectivity index (χ0n) is 19.5. The average Bonchev–Trinajstić information content (AvgIpc) is 3.55. The van der Waals surface area contributed by atoms with E-state index in [2.05, 4.69) is 15.6 Å². The minimum Gasteiger partial charge on any atom is -0.456 e. The van der Waals surface area contributed by atoms with Gasteiger partial charge in [0, 0.05) is 24.0 Å². The highest BCUT2D eigenvalue weighted by Crippen LogP contribution is 2.29. The molecule has 0 saturated heterocycles. The molecule has 5 rings (SSSR count). The molecular formula is C27H22N6O3S. The maximum atomic E-state index is 13.0. The molecule has 37 heavy (non-hydrogen) atoms. The first-order valence-corrected chi connectivity index (χ1v) is 12.2. The van der Waals surface area contributed by atoms with Crippen molar-refractivity contribution in [2.75, 3.05) is 10.6 Å². The van der Waals surface area contributed by atoms with E-state index in [1.807, 2.05) is 41.8 Å². The van der Waals surface area contributed by atoms with E-state index in [9.17, 15) is 9.59 Å². The Morgan fingerprint density at radius 2 is 1.81 bits per heavy atom. The first-order valence-electron chi connectivity index (χ1n) is 11.3. The van der Waals surface area contributed by atoms with Crippen molar-refractivity contribution in [3.05, 3.63) is 102 Å². The quantitative estimate of drug-likeness (QED) is 0.256. The summed E-state index contributed by atoms with van der Waals surface area (Å²) < 4.78 is 7.43. The molecule has 3 heterocycles. The van der Waals surface area contributed by atoms with Gasteiger partial charge in [0.25, 0.3) is 0 Å². The number of carbonyl (C=O) groups excluding carboxylic acids is 2. The van der Waals surface area contributed by atoms with Crippen LogP contribution in [0, 0.1) is 0 Å². The molecule has 0 aliphatic rings. The molecule has 0 bridgehead atoms. The molecule has 3 amide bonds. The van der Waals surface area contributed by atoms with Crippen LogP contribution in [0.15, 0.2) is 96.6 Å². The van der Waals surface area contributed by atoms with E-state index in [4.69, 9.17) is 15.6 Å². The van der Waals surface area contributed by atoms with E-state index < -0.39 is 11.9 Å². The normalized spacial score (nSPS) is 10.6. The Morgan fingerprint density at radius 1 is 0.946 bits per heavy atom. The Hall–Kier alpha value is -4.96. The molecule has 0 fully saturated rings. The summed E-state index contributed by atoms with van der Waals surface area (Å²) in [5, 5.41) is 12.4. The molecule has 3 aromatic heterocycles. The smallest absolute Gasteiger partial charge is 0.324 e. The van der Waals surface area contributed by atoms with Crippen LogP contribution in [0.3, 0.4) is 0 Å². The van der Waals surface area contributed by atoms with Crippen molar-refractivity contribution >= 4 is 34.8 Å². The summed E-state index contributed by atoms with van der Waals surface area (Å²) in [4.78, 5) is 29.4. The Labute approximate surface area is 216 Å². The molecule has 0 aliphatic heterocycles. The lowest BCUT2D eigenvalue weighted by Crippen LogP contribution is -2.21. The second-order valence-corrected chi connectivity index (χ2v) is 8.96. The van der Waals surface area contributed by atoms with E-state index in [1.54, 1.807) is 70.9 Å². The van der Waals surface area contributed by atoms with Crippen molar-refractivity contribution in [2.45, 2.75) is 6.42 Å². The molecule has 9 nitrogen and oxygen atoms in total. The van der Waals surface area contributed by atoms with Gasteiger partial charge in [0.2, 0.25) is 5.91 Å². The molecule has 4 N–H and O–H groups in total. The molecule has 0 atom stereocenters. The Kier molecular flexibility index (Phi) is 6.91. The van der Waals surface area contributed by atoms with Gasteiger partial charge >= 0.3 is 6.03 Å². The maximum Gasteiger partial charge on any atom is 0.324 e. The summed E-state index contributed by atoms with van der Waals surface area (Å²) in [5.41, 5.74) is 8.05. The van der Waals surface area contributed by atoms with Gasteiger partial charge < -0.3 is 15.8 Å². The Morgan fingerprint density at radius 3 is 2.59 bits per heavy atom. The zero-order valence-corrected chi connectivity index (χ0v) is 20.3. The van der Waals surface area contributed by atoms with Crippen molar-refractivity contribution < 1.29 is 14.3 Å². The second kappa shape index (κ2) is 10.8. The molecule has 184 valence electrons.